The molecular formula is C29H32ClF3N2O2S. The van der Waals surface area contributed by atoms with Crippen LogP contribution in [0.3, 0.4) is 0 Å². The number of benzene rings is 3. The Labute approximate surface area is 228 Å². The van der Waals surface area contributed by atoms with Gasteiger partial charge in [-0.1, -0.05) is 24.6 Å². The quantitative estimate of drug-likeness (QED) is 0.272. The molecule has 9 heteroatoms. The highest BCUT2D eigenvalue weighted by Gasteiger charge is 2.33. The van der Waals surface area contributed by atoms with E-state index in [1.54, 1.807) is 6.92 Å². The van der Waals surface area contributed by atoms with E-state index in [-0.39, 0.29) is 4.90 Å². The number of anilines is 1. The van der Waals surface area contributed by atoms with Crippen molar-refractivity contribution >= 4 is 27.3 Å². The fourth-order valence-corrected chi connectivity index (χ4v) is 6.79. The summed E-state index contributed by atoms with van der Waals surface area (Å²) in [5.41, 5.74) is 0.737. The fourth-order valence-electron chi connectivity index (χ4n) is 5.02. The highest BCUT2D eigenvalue weighted by atomic mass is 35.5. The molecular weight excluding hydrogens is 533 g/mol. The molecule has 0 aliphatic carbocycles. The lowest BCUT2D eigenvalue weighted by Gasteiger charge is -2.33. The summed E-state index contributed by atoms with van der Waals surface area (Å²) >= 11 is 5.95. The Bertz CT molecular complexity index is 1360. The number of halogens is 4. The molecule has 0 aromatic heterocycles. The molecule has 1 aliphatic rings. The second kappa shape index (κ2) is 12.1. The minimum absolute atomic E-state index is 0.125. The van der Waals surface area contributed by atoms with Gasteiger partial charge in [0.05, 0.1) is 16.6 Å². The van der Waals surface area contributed by atoms with Crippen LogP contribution in [0, 0.1) is 23.4 Å². The molecule has 1 aliphatic heterocycles. The first-order valence-corrected chi connectivity index (χ1v) is 14.6. The molecule has 1 saturated heterocycles. The maximum Gasteiger partial charge on any atom is 0.264 e. The second-order valence-electron chi connectivity index (χ2n) is 10.00. The van der Waals surface area contributed by atoms with Gasteiger partial charge >= 0.3 is 0 Å². The summed E-state index contributed by atoms with van der Waals surface area (Å²) in [5, 5.41) is 0.337. The third-order valence-corrected chi connectivity index (χ3v) is 9.37. The molecule has 4 nitrogen and oxygen atoms in total. The molecule has 0 saturated carbocycles. The average molecular weight is 565 g/mol. The number of hydrogen-bond acceptors (Lipinski definition) is 3. The molecule has 204 valence electrons. The van der Waals surface area contributed by atoms with E-state index in [1.165, 1.54) is 42.5 Å². The highest BCUT2D eigenvalue weighted by Crippen LogP contribution is 2.37. The van der Waals surface area contributed by atoms with Crippen molar-refractivity contribution in [3.63, 3.8) is 0 Å². The van der Waals surface area contributed by atoms with Gasteiger partial charge in [-0.25, -0.2) is 21.6 Å². The zero-order chi connectivity index (χ0) is 27.4. The molecule has 1 heterocycles. The Morgan fingerprint density at radius 3 is 2.29 bits per heavy atom. The van der Waals surface area contributed by atoms with Gasteiger partial charge in [0.2, 0.25) is 0 Å². The molecule has 0 spiro atoms. The molecule has 0 N–H and O–H groups in total. The molecule has 0 bridgehead atoms. The lowest BCUT2D eigenvalue weighted by Crippen LogP contribution is -2.35. The number of likely N-dealkylation sites (tertiary alicyclic amines) is 1. The van der Waals surface area contributed by atoms with E-state index in [9.17, 15) is 17.2 Å². The van der Waals surface area contributed by atoms with Gasteiger partial charge in [-0.3, -0.25) is 4.31 Å². The zero-order valence-corrected chi connectivity index (χ0v) is 23.1. The van der Waals surface area contributed by atoms with Gasteiger partial charge in [0.25, 0.3) is 10.0 Å². The lowest BCUT2D eigenvalue weighted by molar-refractivity contribution is 0.191. The van der Waals surface area contributed by atoms with Gasteiger partial charge in [0.1, 0.15) is 17.5 Å². The van der Waals surface area contributed by atoms with Gasteiger partial charge in [0, 0.05) is 11.1 Å². The third-order valence-electron chi connectivity index (χ3n) is 7.22. The Balaban J connectivity index is 1.70. The number of nitrogens with zero attached hydrogens (tertiary/aromatic N) is 2. The third kappa shape index (κ3) is 6.53. The Morgan fingerprint density at radius 2 is 1.61 bits per heavy atom. The predicted molar refractivity (Wildman–Crippen MR) is 145 cm³/mol. The first-order chi connectivity index (χ1) is 18.1. The lowest BCUT2D eigenvalue weighted by atomic mass is 9.96. The van der Waals surface area contributed by atoms with Crippen LogP contribution in [0.15, 0.2) is 65.6 Å². The minimum Gasteiger partial charge on any atom is -0.303 e. The molecule has 1 fully saturated rings. The molecule has 3 aromatic rings. The average Bonchev–Trinajstić information content (AvgIpc) is 2.87. The molecule has 38 heavy (non-hydrogen) atoms. The Morgan fingerprint density at radius 1 is 0.974 bits per heavy atom. The highest BCUT2D eigenvalue weighted by molar-refractivity contribution is 7.92. The maximum atomic E-state index is 15.0. The van der Waals surface area contributed by atoms with E-state index in [4.69, 9.17) is 11.6 Å². The standard InChI is InChI=1S/C29H32ClF3N2O2S/c1-20-13-16-34(17-14-20)15-3-4-22-18-24(31)7-11-27(22)21(2)35(29-19-25(32)8-12-28(29)33)38(36,37)26-9-5-23(30)6-10-26/h5-12,18-21H,3-4,13-17H2,1-2H3/t21-/m1/s1. The van der Waals surface area contributed by atoms with E-state index in [0.717, 1.165) is 67.3 Å². The van der Waals surface area contributed by atoms with Gasteiger partial charge in [-0.2, -0.15) is 0 Å². The number of hydrogen-bond donors (Lipinski definition) is 0. The van der Waals surface area contributed by atoms with Crippen molar-refractivity contribution in [2.45, 2.75) is 50.5 Å². The van der Waals surface area contributed by atoms with Crippen LogP contribution in [-0.4, -0.2) is 33.0 Å². The number of rotatable bonds is 9. The first kappa shape index (κ1) is 28.5. The first-order valence-electron chi connectivity index (χ1n) is 12.8. The van der Waals surface area contributed by atoms with Crippen molar-refractivity contribution < 1.29 is 21.6 Å². The van der Waals surface area contributed by atoms with E-state index in [1.807, 2.05) is 0 Å². The van der Waals surface area contributed by atoms with Crippen molar-refractivity contribution in [1.82, 2.24) is 4.90 Å². The zero-order valence-electron chi connectivity index (χ0n) is 21.5. The van der Waals surface area contributed by atoms with Crippen molar-refractivity contribution in [3.8, 4) is 0 Å². The van der Waals surface area contributed by atoms with E-state index >= 15 is 4.39 Å². The second-order valence-corrected chi connectivity index (χ2v) is 12.2. The summed E-state index contributed by atoms with van der Waals surface area (Å²) in [5.74, 6) is -1.38. The number of sulfonamides is 1. The molecule has 1 atom stereocenters. The van der Waals surface area contributed by atoms with Crippen LogP contribution in [0.5, 0.6) is 0 Å². The van der Waals surface area contributed by atoms with E-state index in [0.29, 0.717) is 22.6 Å². The minimum atomic E-state index is -4.36. The van der Waals surface area contributed by atoms with E-state index in [2.05, 4.69) is 11.8 Å². The Kier molecular flexibility index (Phi) is 9.06. The Hall–Kier alpha value is -2.55. The maximum absolute atomic E-state index is 15.0. The summed E-state index contributed by atoms with van der Waals surface area (Å²) in [7, 11) is -4.36. The molecule has 3 aromatic carbocycles. The molecule has 0 radical (unpaired) electrons. The normalized spacial score (nSPS) is 15.9. The van der Waals surface area contributed by atoms with Crippen LogP contribution in [-0.2, 0) is 16.4 Å². The van der Waals surface area contributed by atoms with E-state index < -0.39 is 39.2 Å². The van der Waals surface area contributed by atoms with Gasteiger partial charge < -0.3 is 4.90 Å². The summed E-state index contributed by atoms with van der Waals surface area (Å²) in [6.07, 6.45) is 3.58. The smallest absolute Gasteiger partial charge is 0.264 e. The van der Waals surface area contributed by atoms with Crippen molar-refractivity contribution in [1.29, 1.82) is 0 Å². The largest absolute Gasteiger partial charge is 0.303 e. The topological polar surface area (TPSA) is 40.6 Å². The van der Waals surface area contributed by atoms with Crippen LogP contribution in [0.1, 0.15) is 50.3 Å². The summed E-state index contributed by atoms with van der Waals surface area (Å²) in [6.45, 7) is 6.76. The van der Waals surface area contributed by atoms with Crippen LogP contribution >= 0.6 is 11.6 Å². The van der Waals surface area contributed by atoms with Crippen molar-refractivity contribution in [2.24, 2.45) is 5.92 Å². The van der Waals surface area contributed by atoms with Crippen molar-refractivity contribution in [3.05, 3.63) is 94.3 Å². The molecule has 0 unspecified atom stereocenters. The van der Waals surface area contributed by atoms with Gasteiger partial charge in [-0.05, 0) is 118 Å². The summed E-state index contributed by atoms with van der Waals surface area (Å²) < 4.78 is 72.2. The SMILES string of the molecule is CC1CCN(CCCc2cc(F)ccc2[C@@H](C)N(c2cc(F)ccc2F)S(=O)(=O)c2ccc(Cl)cc2)CC1. The molecule has 4 rings (SSSR count). The van der Waals surface area contributed by atoms with Gasteiger partial charge in [-0.15, -0.1) is 0 Å². The number of piperidine rings is 1. The van der Waals surface area contributed by atoms with Crippen LogP contribution in [0.2, 0.25) is 5.02 Å². The van der Waals surface area contributed by atoms with Crippen LogP contribution in [0.4, 0.5) is 18.9 Å². The van der Waals surface area contributed by atoms with Crippen LogP contribution in [0.25, 0.3) is 0 Å². The predicted octanol–water partition coefficient (Wildman–Crippen LogP) is 7.38. The van der Waals surface area contributed by atoms with Gasteiger partial charge in [0.15, 0.2) is 0 Å². The van der Waals surface area contributed by atoms with Crippen molar-refractivity contribution in [2.75, 3.05) is 23.9 Å². The monoisotopic (exact) mass is 564 g/mol. The number of aryl methyl sites for hydroxylation is 1. The summed E-state index contributed by atoms with van der Waals surface area (Å²) in [6, 6.07) is 11.4. The fraction of sp³-hybridized carbons (Fsp3) is 0.379. The van der Waals surface area contributed by atoms with Crippen LogP contribution < -0.4 is 4.31 Å². The molecule has 0 amide bonds. The summed E-state index contributed by atoms with van der Waals surface area (Å²) in [4.78, 5) is 2.27.